The summed E-state index contributed by atoms with van der Waals surface area (Å²) < 4.78 is 0. The third kappa shape index (κ3) is 2.08. The van der Waals surface area contributed by atoms with Crippen molar-refractivity contribution in [2.24, 2.45) is 0 Å². The van der Waals surface area contributed by atoms with E-state index in [9.17, 15) is 4.79 Å². The summed E-state index contributed by atoms with van der Waals surface area (Å²) in [6, 6.07) is 13.8. The lowest BCUT2D eigenvalue weighted by molar-refractivity contribution is 0.101. The third-order valence-electron chi connectivity index (χ3n) is 3.66. The monoisotopic (exact) mass is 252 g/mol. The molecule has 3 heteroatoms. The van der Waals surface area contributed by atoms with Crippen molar-refractivity contribution < 1.29 is 4.79 Å². The highest BCUT2D eigenvalue weighted by Crippen LogP contribution is 2.31. The molecule has 0 saturated heterocycles. The van der Waals surface area contributed by atoms with E-state index in [0.29, 0.717) is 0 Å². The molecule has 0 spiro atoms. The standard InChI is InChI=1S/C16H16N2O/c1-11(19)12-5-7-14(8-6-12)18-9-13-3-2-4-16(17)15(13)10-18/h2-8H,9-10,17H2,1H3. The molecule has 0 amide bonds. The van der Waals surface area contributed by atoms with Crippen LogP contribution in [0.5, 0.6) is 0 Å². The van der Waals surface area contributed by atoms with Crippen LogP contribution in [0, 0.1) is 0 Å². The maximum atomic E-state index is 11.3. The van der Waals surface area contributed by atoms with Crippen LogP contribution in [-0.2, 0) is 13.1 Å². The summed E-state index contributed by atoms with van der Waals surface area (Å²) in [5.74, 6) is 0.0977. The van der Waals surface area contributed by atoms with Crippen LogP contribution in [0.15, 0.2) is 42.5 Å². The minimum Gasteiger partial charge on any atom is -0.398 e. The average Bonchev–Trinajstić information content (AvgIpc) is 2.84. The number of ketones is 1. The van der Waals surface area contributed by atoms with Crippen molar-refractivity contribution in [2.45, 2.75) is 20.0 Å². The van der Waals surface area contributed by atoms with E-state index in [0.717, 1.165) is 30.0 Å². The van der Waals surface area contributed by atoms with Gasteiger partial charge in [-0.2, -0.15) is 0 Å². The lowest BCUT2D eigenvalue weighted by Crippen LogP contribution is -2.14. The van der Waals surface area contributed by atoms with Crippen molar-refractivity contribution in [3.05, 3.63) is 59.2 Å². The molecule has 3 nitrogen and oxygen atoms in total. The van der Waals surface area contributed by atoms with Crippen LogP contribution in [-0.4, -0.2) is 5.78 Å². The van der Waals surface area contributed by atoms with Gasteiger partial charge in [-0.1, -0.05) is 12.1 Å². The van der Waals surface area contributed by atoms with Gasteiger partial charge in [0, 0.05) is 30.0 Å². The highest BCUT2D eigenvalue weighted by Gasteiger charge is 2.20. The molecule has 3 rings (SSSR count). The molecular formula is C16H16N2O. The summed E-state index contributed by atoms with van der Waals surface area (Å²) in [5.41, 5.74) is 11.2. The summed E-state index contributed by atoms with van der Waals surface area (Å²) in [6.07, 6.45) is 0. The highest BCUT2D eigenvalue weighted by atomic mass is 16.1. The summed E-state index contributed by atoms with van der Waals surface area (Å²) in [4.78, 5) is 13.5. The first-order valence-corrected chi connectivity index (χ1v) is 6.37. The lowest BCUT2D eigenvalue weighted by atomic mass is 10.1. The first-order chi connectivity index (χ1) is 9.15. The van der Waals surface area contributed by atoms with Crippen LogP contribution in [0.2, 0.25) is 0 Å². The largest absolute Gasteiger partial charge is 0.398 e. The minimum atomic E-state index is 0.0977. The molecule has 1 heterocycles. The number of carbonyl (C=O) groups is 1. The molecule has 0 unspecified atom stereocenters. The lowest BCUT2D eigenvalue weighted by Gasteiger charge is -2.17. The molecule has 2 aromatic rings. The Morgan fingerprint density at radius 3 is 2.47 bits per heavy atom. The molecule has 96 valence electrons. The third-order valence-corrected chi connectivity index (χ3v) is 3.66. The van der Waals surface area contributed by atoms with Crippen LogP contribution < -0.4 is 10.6 Å². The van der Waals surface area contributed by atoms with Gasteiger partial charge in [-0.05, 0) is 48.4 Å². The first kappa shape index (κ1) is 11.8. The molecule has 0 radical (unpaired) electrons. The highest BCUT2D eigenvalue weighted by molar-refractivity contribution is 5.94. The van der Waals surface area contributed by atoms with Crippen LogP contribution in [0.4, 0.5) is 11.4 Å². The number of nitrogens with two attached hydrogens (primary N) is 1. The second-order valence-electron chi connectivity index (χ2n) is 4.94. The topological polar surface area (TPSA) is 46.3 Å². The number of hydrogen-bond donors (Lipinski definition) is 1. The number of nitrogen functional groups attached to an aromatic ring is 1. The van der Waals surface area contributed by atoms with E-state index in [4.69, 9.17) is 5.73 Å². The van der Waals surface area contributed by atoms with Crippen molar-refractivity contribution in [1.29, 1.82) is 0 Å². The van der Waals surface area contributed by atoms with Gasteiger partial charge in [-0.3, -0.25) is 4.79 Å². The smallest absolute Gasteiger partial charge is 0.159 e. The average molecular weight is 252 g/mol. The Morgan fingerprint density at radius 2 is 1.84 bits per heavy atom. The molecule has 0 bridgehead atoms. The number of nitrogens with zero attached hydrogens (tertiary/aromatic N) is 1. The quantitative estimate of drug-likeness (QED) is 0.660. The van der Waals surface area contributed by atoms with Crippen molar-refractivity contribution in [2.75, 3.05) is 10.6 Å². The molecule has 0 atom stereocenters. The van der Waals surface area contributed by atoms with Gasteiger partial charge in [0.15, 0.2) is 5.78 Å². The fraction of sp³-hybridized carbons (Fsp3) is 0.188. The number of carbonyl (C=O) groups excluding carboxylic acids is 1. The maximum absolute atomic E-state index is 11.3. The van der Waals surface area contributed by atoms with Gasteiger partial charge >= 0.3 is 0 Å². The minimum absolute atomic E-state index is 0.0977. The number of Topliss-reactive ketones (excluding diaryl/α,β-unsaturated/α-hetero) is 1. The van der Waals surface area contributed by atoms with Crippen molar-refractivity contribution in [3.8, 4) is 0 Å². The van der Waals surface area contributed by atoms with Gasteiger partial charge in [0.1, 0.15) is 0 Å². The summed E-state index contributed by atoms with van der Waals surface area (Å²) >= 11 is 0. The molecule has 0 aliphatic carbocycles. The van der Waals surface area contributed by atoms with E-state index in [1.807, 2.05) is 36.4 Å². The second kappa shape index (κ2) is 4.43. The Bertz CT molecular complexity index is 632. The summed E-state index contributed by atoms with van der Waals surface area (Å²) in [7, 11) is 0. The predicted molar refractivity (Wildman–Crippen MR) is 77.2 cm³/mol. The zero-order chi connectivity index (χ0) is 13.4. The molecular weight excluding hydrogens is 236 g/mol. The van der Waals surface area contributed by atoms with Crippen molar-refractivity contribution in [1.82, 2.24) is 0 Å². The normalized spacial score (nSPS) is 13.4. The number of hydrogen-bond acceptors (Lipinski definition) is 3. The molecule has 2 aromatic carbocycles. The Kier molecular flexibility index (Phi) is 2.75. The van der Waals surface area contributed by atoms with Crippen LogP contribution in [0.3, 0.4) is 0 Å². The first-order valence-electron chi connectivity index (χ1n) is 6.37. The molecule has 2 N–H and O–H groups in total. The number of fused-ring (bicyclic) bond motifs is 1. The van der Waals surface area contributed by atoms with E-state index in [1.165, 1.54) is 11.1 Å². The fourth-order valence-corrected chi connectivity index (χ4v) is 2.54. The Hall–Kier alpha value is -2.29. The van der Waals surface area contributed by atoms with Crippen LogP contribution in [0.25, 0.3) is 0 Å². The molecule has 0 fully saturated rings. The second-order valence-corrected chi connectivity index (χ2v) is 4.94. The van der Waals surface area contributed by atoms with Gasteiger partial charge in [-0.15, -0.1) is 0 Å². The van der Waals surface area contributed by atoms with E-state index < -0.39 is 0 Å². The molecule has 1 aliphatic heterocycles. The predicted octanol–water partition coefficient (Wildman–Crippen LogP) is 2.99. The molecule has 19 heavy (non-hydrogen) atoms. The number of rotatable bonds is 2. The van der Waals surface area contributed by atoms with Crippen LogP contribution in [0.1, 0.15) is 28.4 Å². The zero-order valence-electron chi connectivity index (χ0n) is 10.9. The van der Waals surface area contributed by atoms with E-state index >= 15 is 0 Å². The Labute approximate surface area is 112 Å². The van der Waals surface area contributed by atoms with Crippen molar-refractivity contribution >= 4 is 17.2 Å². The summed E-state index contributed by atoms with van der Waals surface area (Å²) in [5, 5.41) is 0. The van der Waals surface area contributed by atoms with E-state index in [-0.39, 0.29) is 5.78 Å². The van der Waals surface area contributed by atoms with Gasteiger partial charge in [0.2, 0.25) is 0 Å². The van der Waals surface area contributed by atoms with Crippen molar-refractivity contribution in [3.63, 3.8) is 0 Å². The van der Waals surface area contributed by atoms with Gasteiger partial charge in [0.05, 0.1) is 0 Å². The number of benzene rings is 2. The van der Waals surface area contributed by atoms with E-state index in [2.05, 4.69) is 11.0 Å². The zero-order valence-corrected chi connectivity index (χ0v) is 10.9. The fourth-order valence-electron chi connectivity index (χ4n) is 2.54. The van der Waals surface area contributed by atoms with Gasteiger partial charge in [0.25, 0.3) is 0 Å². The van der Waals surface area contributed by atoms with Crippen LogP contribution >= 0.6 is 0 Å². The van der Waals surface area contributed by atoms with Gasteiger partial charge in [-0.25, -0.2) is 0 Å². The molecule has 0 saturated carbocycles. The maximum Gasteiger partial charge on any atom is 0.159 e. The number of anilines is 2. The Balaban J connectivity index is 1.86. The Morgan fingerprint density at radius 1 is 1.11 bits per heavy atom. The molecule has 0 aromatic heterocycles. The SMILES string of the molecule is CC(=O)c1ccc(N2Cc3cccc(N)c3C2)cc1. The van der Waals surface area contributed by atoms with Gasteiger partial charge < -0.3 is 10.6 Å². The van der Waals surface area contributed by atoms with E-state index in [1.54, 1.807) is 6.92 Å². The summed E-state index contributed by atoms with van der Waals surface area (Å²) in [6.45, 7) is 3.29. The molecule has 1 aliphatic rings.